The van der Waals surface area contributed by atoms with Gasteiger partial charge in [0.25, 0.3) is 0 Å². The maximum atomic E-state index is 11.5. The van der Waals surface area contributed by atoms with Gasteiger partial charge in [-0.05, 0) is 51.3 Å². The molecule has 0 radical (unpaired) electrons. The van der Waals surface area contributed by atoms with Crippen molar-refractivity contribution in [3.8, 4) is 0 Å². The molecule has 136 valence electrons. The van der Waals surface area contributed by atoms with Gasteiger partial charge in [0.15, 0.2) is 5.12 Å². The summed E-state index contributed by atoms with van der Waals surface area (Å²) in [6, 6.07) is 8.33. The smallest absolute Gasteiger partial charge is 0.400 e. The number of benzene rings is 1. The molecule has 1 aliphatic rings. The molecule has 1 fully saturated rings. The van der Waals surface area contributed by atoms with Crippen molar-refractivity contribution < 1.29 is 14.1 Å². The first-order chi connectivity index (χ1) is 11.6. The first kappa shape index (κ1) is 20.2. The van der Waals surface area contributed by atoms with E-state index in [0.29, 0.717) is 5.75 Å². The van der Waals surface area contributed by atoms with Gasteiger partial charge < -0.3 is 14.6 Å². The zero-order valence-electron chi connectivity index (χ0n) is 16.0. The number of nitrogens with one attached hydrogen (secondary N) is 1. The third kappa shape index (κ3) is 5.20. The van der Waals surface area contributed by atoms with Crippen LogP contribution in [0.1, 0.15) is 45.7 Å². The molecular weight excluding hydrogens is 333 g/mol. The van der Waals surface area contributed by atoms with Gasteiger partial charge in [0, 0.05) is 19.2 Å². The molecule has 1 saturated heterocycles. The van der Waals surface area contributed by atoms with E-state index in [1.54, 1.807) is 6.92 Å². The van der Waals surface area contributed by atoms with E-state index in [9.17, 15) is 4.79 Å². The lowest BCUT2D eigenvalue weighted by atomic mass is 9.78. The van der Waals surface area contributed by atoms with Crippen molar-refractivity contribution in [3.63, 3.8) is 0 Å². The van der Waals surface area contributed by atoms with Crippen LogP contribution in [0.4, 0.5) is 0 Å². The molecule has 1 aliphatic heterocycles. The van der Waals surface area contributed by atoms with Crippen molar-refractivity contribution in [1.29, 1.82) is 0 Å². The summed E-state index contributed by atoms with van der Waals surface area (Å²) in [5.74, 6) is 0.558. The minimum Gasteiger partial charge on any atom is -0.400 e. The maximum absolute atomic E-state index is 11.5. The first-order valence-electron chi connectivity index (χ1n) is 8.57. The van der Waals surface area contributed by atoms with E-state index in [1.165, 1.54) is 17.3 Å². The molecule has 25 heavy (non-hydrogen) atoms. The monoisotopic (exact) mass is 361 g/mol. The molecule has 0 atom stereocenters. The van der Waals surface area contributed by atoms with Crippen LogP contribution < -0.4 is 5.32 Å². The van der Waals surface area contributed by atoms with E-state index in [1.807, 2.05) is 40.8 Å². The largest absolute Gasteiger partial charge is 0.491 e. The molecule has 0 bridgehead atoms. The minimum atomic E-state index is -0.440. The van der Waals surface area contributed by atoms with E-state index in [-0.39, 0.29) is 5.12 Å². The van der Waals surface area contributed by atoms with Crippen molar-refractivity contribution in [1.82, 2.24) is 5.32 Å². The van der Waals surface area contributed by atoms with Gasteiger partial charge in [0.05, 0.1) is 11.2 Å². The van der Waals surface area contributed by atoms with Crippen LogP contribution in [0.5, 0.6) is 0 Å². The number of rotatable bonds is 6. The third-order valence-corrected chi connectivity index (χ3v) is 5.57. The Labute approximate surface area is 155 Å². The van der Waals surface area contributed by atoms with Gasteiger partial charge in [-0.3, -0.25) is 4.79 Å². The van der Waals surface area contributed by atoms with Crippen LogP contribution in [0, 0.1) is 0 Å². The van der Waals surface area contributed by atoms with Gasteiger partial charge in [-0.25, -0.2) is 0 Å². The standard InChI is InChI=1S/C19H28BNO3S/c1-14(22)25-13-17(20-23-18(2,3)19(4,5)24-20)11-15-8-7-9-16(10-15)12-21-6/h7-11,21H,12-13H2,1-6H3. The highest BCUT2D eigenvalue weighted by Gasteiger charge is 2.52. The summed E-state index contributed by atoms with van der Waals surface area (Å²) >= 11 is 1.28. The van der Waals surface area contributed by atoms with Crippen LogP contribution >= 0.6 is 11.8 Å². The molecule has 4 nitrogen and oxygen atoms in total. The Hall–Kier alpha value is -1.08. The zero-order valence-corrected chi connectivity index (χ0v) is 16.8. The molecule has 6 heteroatoms. The summed E-state index contributed by atoms with van der Waals surface area (Å²) < 4.78 is 12.4. The number of hydrogen-bond donors (Lipinski definition) is 1. The molecule has 0 aliphatic carbocycles. The van der Waals surface area contributed by atoms with Gasteiger partial charge in [0.1, 0.15) is 0 Å². The van der Waals surface area contributed by atoms with Crippen LogP contribution in [0.25, 0.3) is 6.08 Å². The fourth-order valence-corrected chi connectivity index (χ4v) is 3.16. The normalized spacial score (nSPS) is 19.3. The fraction of sp³-hybridized carbons (Fsp3) is 0.526. The van der Waals surface area contributed by atoms with Crippen LogP contribution in [-0.2, 0) is 20.6 Å². The number of hydrogen-bond acceptors (Lipinski definition) is 5. The summed E-state index contributed by atoms with van der Waals surface area (Å²) in [6.07, 6.45) is 2.08. The SMILES string of the molecule is CNCc1cccc(C=C(CSC(C)=O)B2OC(C)(C)C(C)(C)O2)c1. The van der Waals surface area contributed by atoms with Gasteiger partial charge in [-0.1, -0.05) is 42.1 Å². The summed E-state index contributed by atoms with van der Waals surface area (Å²) in [5.41, 5.74) is 2.47. The highest BCUT2D eigenvalue weighted by Crippen LogP contribution is 2.39. The average molecular weight is 361 g/mol. The average Bonchev–Trinajstić information content (AvgIpc) is 2.72. The Balaban J connectivity index is 2.30. The minimum absolute atomic E-state index is 0.0892. The van der Waals surface area contributed by atoms with Crippen LogP contribution in [0.3, 0.4) is 0 Å². The van der Waals surface area contributed by atoms with E-state index in [2.05, 4.69) is 29.6 Å². The van der Waals surface area contributed by atoms with Gasteiger partial charge in [-0.2, -0.15) is 0 Å². The Morgan fingerprint density at radius 3 is 2.44 bits per heavy atom. The Bertz CT molecular complexity index is 642. The topological polar surface area (TPSA) is 47.6 Å². The zero-order chi connectivity index (χ0) is 18.7. The number of carbonyl (C=O) groups excluding carboxylic acids is 1. The first-order valence-corrected chi connectivity index (χ1v) is 9.56. The van der Waals surface area contributed by atoms with E-state index in [0.717, 1.165) is 17.6 Å². The summed E-state index contributed by atoms with van der Waals surface area (Å²) in [6.45, 7) is 10.6. The van der Waals surface area contributed by atoms with E-state index >= 15 is 0 Å². The number of carbonyl (C=O) groups is 1. The molecule has 0 aromatic heterocycles. The van der Waals surface area contributed by atoms with Crippen molar-refractivity contribution in [2.24, 2.45) is 0 Å². The highest BCUT2D eigenvalue weighted by molar-refractivity contribution is 8.13. The van der Waals surface area contributed by atoms with E-state index in [4.69, 9.17) is 9.31 Å². The second-order valence-electron chi connectivity index (χ2n) is 7.36. The van der Waals surface area contributed by atoms with Crippen LogP contribution in [-0.4, -0.2) is 36.2 Å². The Morgan fingerprint density at radius 2 is 1.88 bits per heavy atom. The Morgan fingerprint density at radius 1 is 1.24 bits per heavy atom. The molecule has 1 N–H and O–H groups in total. The quantitative estimate of drug-likeness (QED) is 0.783. The van der Waals surface area contributed by atoms with Gasteiger partial charge in [-0.15, -0.1) is 0 Å². The van der Waals surface area contributed by atoms with Crippen molar-refractivity contribution in [2.75, 3.05) is 12.8 Å². The lowest BCUT2D eigenvalue weighted by Gasteiger charge is -2.32. The molecule has 2 rings (SSSR count). The molecule has 0 spiro atoms. The fourth-order valence-electron chi connectivity index (χ4n) is 2.57. The molecule has 1 aromatic rings. The lowest BCUT2D eigenvalue weighted by molar-refractivity contribution is -0.109. The summed E-state index contributed by atoms with van der Waals surface area (Å²) in [4.78, 5) is 11.5. The molecule has 1 heterocycles. The Kier molecular flexibility index (Phi) is 6.54. The predicted octanol–water partition coefficient (Wildman–Crippen LogP) is 3.70. The summed E-state index contributed by atoms with van der Waals surface area (Å²) in [7, 11) is 1.49. The molecule has 1 aromatic carbocycles. The molecule has 0 unspecified atom stereocenters. The van der Waals surface area contributed by atoms with Crippen molar-refractivity contribution in [2.45, 2.75) is 52.4 Å². The van der Waals surface area contributed by atoms with Crippen LogP contribution in [0.2, 0.25) is 0 Å². The lowest BCUT2D eigenvalue weighted by Crippen LogP contribution is -2.41. The van der Waals surface area contributed by atoms with Crippen molar-refractivity contribution >= 4 is 30.1 Å². The molecule has 0 saturated carbocycles. The third-order valence-electron chi connectivity index (χ3n) is 4.68. The van der Waals surface area contributed by atoms with Crippen molar-refractivity contribution in [3.05, 3.63) is 40.9 Å². The highest BCUT2D eigenvalue weighted by atomic mass is 32.2. The second-order valence-corrected chi connectivity index (χ2v) is 8.52. The second kappa shape index (κ2) is 8.08. The number of thioether (sulfide) groups is 1. The van der Waals surface area contributed by atoms with E-state index < -0.39 is 18.3 Å². The maximum Gasteiger partial charge on any atom is 0.491 e. The summed E-state index contributed by atoms with van der Waals surface area (Å²) in [5, 5.41) is 3.25. The van der Waals surface area contributed by atoms with Gasteiger partial charge in [0.2, 0.25) is 0 Å². The van der Waals surface area contributed by atoms with Gasteiger partial charge >= 0.3 is 7.12 Å². The molecule has 0 amide bonds. The molecular formula is C19H28BNO3S. The predicted molar refractivity (Wildman–Crippen MR) is 106 cm³/mol. The van der Waals surface area contributed by atoms with Crippen LogP contribution in [0.15, 0.2) is 29.7 Å².